The van der Waals surface area contributed by atoms with Crippen molar-refractivity contribution in [3.05, 3.63) is 78.4 Å². The number of anilines is 1. The average Bonchev–Trinajstić information content (AvgIpc) is 3.22. The van der Waals surface area contributed by atoms with Gasteiger partial charge in [-0.2, -0.15) is 0 Å². The SMILES string of the molecule is CC(OC(=O)c1cccc(Oc2ccccc2)c1)C(=O)Nc1ccc2c(c1)OCO2. The molecule has 1 N–H and O–H groups in total. The van der Waals surface area contributed by atoms with Crippen molar-refractivity contribution in [3.63, 3.8) is 0 Å². The highest BCUT2D eigenvalue weighted by Gasteiger charge is 2.21. The lowest BCUT2D eigenvalue weighted by Crippen LogP contribution is -2.30. The predicted molar refractivity (Wildman–Crippen MR) is 109 cm³/mol. The second-order valence-corrected chi connectivity index (χ2v) is 6.55. The second-order valence-electron chi connectivity index (χ2n) is 6.55. The lowest BCUT2D eigenvalue weighted by atomic mass is 10.2. The molecule has 1 unspecified atom stereocenters. The third-order valence-electron chi connectivity index (χ3n) is 4.34. The minimum atomic E-state index is -0.998. The molecule has 1 aliphatic heterocycles. The molecule has 1 heterocycles. The lowest BCUT2D eigenvalue weighted by Gasteiger charge is -2.14. The summed E-state index contributed by atoms with van der Waals surface area (Å²) in [4.78, 5) is 24.9. The van der Waals surface area contributed by atoms with Gasteiger partial charge >= 0.3 is 5.97 Å². The fraction of sp³-hybridized carbons (Fsp3) is 0.130. The zero-order valence-electron chi connectivity index (χ0n) is 16.2. The summed E-state index contributed by atoms with van der Waals surface area (Å²) in [6.45, 7) is 1.65. The zero-order valence-corrected chi connectivity index (χ0v) is 16.2. The van der Waals surface area contributed by atoms with E-state index in [-0.39, 0.29) is 12.4 Å². The third-order valence-corrected chi connectivity index (χ3v) is 4.34. The first-order chi connectivity index (χ1) is 14.6. The Morgan fingerprint density at radius 3 is 2.50 bits per heavy atom. The van der Waals surface area contributed by atoms with Gasteiger partial charge in [-0.05, 0) is 49.4 Å². The van der Waals surface area contributed by atoms with Crippen molar-refractivity contribution < 1.29 is 28.5 Å². The Labute approximate surface area is 173 Å². The number of amides is 1. The molecule has 0 spiro atoms. The fourth-order valence-electron chi connectivity index (χ4n) is 2.81. The van der Waals surface area contributed by atoms with Gasteiger partial charge in [-0.15, -0.1) is 0 Å². The maximum atomic E-state index is 12.5. The molecule has 152 valence electrons. The van der Waals surface area contributed by atoms with E-state index in [1.807, 2.05) is 30.3 Å². The molecule has 0 saturated carbocycles. The third kappa shape index (κ3) is 4.52. The summed E-state index contributed by atoms with van der Waals surface area (Å²) in [5.74, 6) is 1.23. The van der Waals surface area contributed by atoms with Crippen molar-refractivity contribution in [2.24, 2.45) is 0 Å². The topological polar surface area (TPSA) is 83.1 Å². The number of carbonyl (C=O) groups excluding carboxylic acids is 2. The van der Waals surface area contributed by atoms with Gasteiger partial charge in [0.15, 0.2) is 17.6 Å². The number of benzene rings is 3. The summed E-state index contributed by atoms with van der Waals surface area (Å²) in [6.07, 6.45) is -0.998. The van der Waals surface area contributed by atoms with Gasteiger partial charge in [0.25, 0.3) is 5.91 Å². The van der Waals surface area contributed by atoms with E-state index in [0.29, 0.717) is 28.7 Å². The van der Waals surface area contributed by atoms with Crippen LogP contribution in [0.4, 0.5) is 5.69 Å². The summed E-state index contributed by atoms with van der Waals surface area (Å²) in [5.41, 5.74) is 0.802. The molecule has 0 aromatic heterocycles. The Hall–Kier alpha value is -4.00. The zero-order chi connectivity index (χ0) is 20.9. The maximum Gasteiger partial charge on any atom is 0.339 e. The summed E-state index contributed by atoms with van der Waals surface area (Å²) in [6, 6.07) is 20.8. The number of hydrogen-bond acceptors (Lipinski definition) is 6. The Morgan fingerprint density at radius 2 is 1.67 bits per heavy atom. The van der Waals surface area contributed by atoms with Crippen LogP contribution in [0.15, 0.2) is 72.8 Å². The highest BCUT2D eigenvalue weighted by Crippen LogP contribution is 2.34. The molecule has 4 rings (SSSR count). The van der Waals surface area contributed by atoms with Crippen LogP contribution in [0.25, 0.3) is 0 Å². The van der Waals surface area contributed by atoms with Gasteiger partial charge in [0.05, 0.1) is 5.56 Å². The highest BCUT2D eigenvalue weighted by molar-refractivity contribution is 5.97. The van der Waals surface area contributed by atoms with Crippen molar-refractivity contribution in [1.82, 2.24) is 0 Å². The van der Waals surface area contributed by atoms with Crippen LogP contribution >= 0.6 is 0 Å². The number of para-hydroxylation sites is 1. The molecule has 3 aromatic rings. The molecule has 0 radical (unpaired) electrons. The summed E-state index contributed by atoms with van der Waals surface area (Å²) in [7, 11) is 0. The molecule has 0 saturated heterocycles. The van der Waals surface area contributed by atoms with E-state index in [4.69, 9.17) is 18.9 Å². The highest BCUT2D eigenvalue weighted by atomic mass is 16.7. The van der Waals surface area contributed by atoms with Crippen LogP contribution < -0.4 is 19.5 Å². The van der Waals surface area contributed by atoms with Crippen LogP contribution in [0.2, 0.25) is 0 Å². The van der Waals surface area contributed by atoms with E-state index in [2.05, 4.69) is 5.32 Å². The quantitative estimate of drug-likeness (QED) is 0.613. The molecule has 1 amide bonds. The smallest absolute Gasteiger partial charge is 0.339 e. The summed E-state index contributed by atoms with van der Waals surface area (Å²) >= 11 is 0. The number of hydrogen-bond donors (Lipinski definition) is 1. The molecule has 1 aliphatic rings. The van der Waals surface area contributed by atoms with E-state index in [1.165, 1.54) is 6.92 Å². The minimum Gasteiger partial charge on any atom is -0.457 e. The van der Waals surface area contributed by atoms with E-state index in [0.717, 1.165) is 0 Å². The standard InChI is InChI=1S/C23H19NO6/c1-15(22(25)24-17-10-11-20-21(13-17)28-14-27-20)29-23(26)16-6-5-9-19(12-16)30-18-7-3-2-4-8-18/h2-13,15H,14H2,1H3,(H,24,25). The first-order valence-corrected chi connectivity index (χ1v) is 9.33. The van der Waals surface area contributed by atoms with Gasteiger partial charge in [0, 0.05) is 11.8 Å². The van der Waals surface area contributed by atoms with Crippen molar-refractivity contribution >= 4 is 17.6 Å². The number of esters is 1. The molecule has 0 fully saturated rings. The maximum absolute atomic E-state index is 12.5. The van der Waals surface area contributed by atoms with E-state index in [9.17, 15) is 9.59 Å². The Morgan fingerprint density at radius 1 is 0.900 bits per heavy atom. The van der Waals surface area contributed by atoms with Crippen molar-refractivity contribution in [1.29, 1.82) is 0 Å². The fourth-order valence-corrected chi connectivity index (χ4v) is 2.81. The van der Waals surface area contributed by atoms with E-state index < -0.39 is 18.0 Å². The van der Waals surface area contributed by atoms with Crippen LogP contribution in [-0.2, 0) is 9.53 Å². The van der Waals surface area contributed by atoms with Gasteiger partial charge in [0.2, 0.25) is 6.79 Å². The van der Waals surface area contributed by atoms with Crippen LogP contribution in [0, 0.1) is 0 Å². The Bertz CT molecular complexity index is 1070. The number of carbonyl (C=O) groups is 2. The van der Waals surface area contributed by atoms with Crippen LogP contribution in [0.1, 0.15) is 17.3 Å². The number of fused-ring (bicyclic) bond motifs is 1. The van der Waals surface area contributed by atoms with Crippen LogP contribution in [-0.4, -0.2) is 24.8 Å². The molecule has 0 bridgehead atoms. The minimum absolute atomic E-state index is 0.147. The summed E-state index contributed by atoms with van der Waals surface area (Å²) in [5, 5.41) is 2.70. The largest absolute Gasteiger partial charge is 0.457 e. The van der Waals surface area contributed by atoms with Crippen LogP contribution in [0.3, 0.4) is 0 Å². The van der Waals surface area contributed by atoms with Crippen molar-refractivity contribution in [2.75, 3.05) is 12.1 Å². The van der Waals surface area contributed by atoms with Gasteiger partial charge in [0.1, 0.15) is 11.5 Å². The molecule has 30 heavy (non-hydrogen) atoms. The molecule has 7 heteroatoms. The predicted octanol–water partition coefficient (Wildman–Crippen LogP) is 4.39. The molecule has 7 nitrogen and oxygen atoms in total. The average molecular weight is 405 g/mol. The number of nitrogens with one attached hydrogen (secondary N) is 1. The summed E-state index contributed by atoms with van der Waals surface area (Å²) < 4.78 is 21.6. The Kier molecular flexibility index (Phi) is 5.52. The van der Waals surface area contributed by atoms with Crippen LogP contribution in [0.5, 0.6) is 23.0 Å². The molecular formula is C23H19NO6. The number of ether oxygens (including phenoxy) is 4. The Balaban J connectivity index is 1.37. The van der Waals surface area contributed by atoms with E-state index >= 15 is 0 Å². The number of rotatable bonds is 6. The van der Waals surface area contributed by atoms with Crippen molar-refractivity contribution in [3.8, 4) is 23.0 Å². The molecule has 1 atom stereocenters. The van der Waals surface area contributed by atoms with Gasteiger partial charge in [-0.3, -0.25) is 4.79 Å². The molecule has 0 aliphatic carbocycles. The van der Waals surface area contributed by atoms with Gasteiger partial charge in [-0.1, -0.05) is 24.3 Å². The lowest BCUT2D eigenvalue weighted by molar-refractivity contribution is -0.123. The first-order valence-electron chi connectivity index (χ1n) is 9.33. The van der Waals surface area contributed by atoms with Gasteiger partial charge < -0.3 is 24.3 Å². The first kappa shape index (κ1) is 19.3. The van der Waals surface area contributed by atoms with E-state index in [1.54, 1.807) is 42.5 Å². The molecular weight excluding hydrogens is 386 g/mol. The monoisotopic (exact) mass is 405 g/mol. The van der Waals surface area contributed by atoms with Gasteiger partial charge in [-0.25, -0.2) is 4.79 Å². The normalized spacial score (nSPS) is 12.7. The second kappa shape index (κ2) is 8.57. The van der Waals surface area contributed by atoms with Crippen molar-refractivity contribution in [2.45, 2.75) is 13.0 Å². The molecule has 3 aromatic carbocycles.